The summed E-state index contributed by atoms with van der Waals surface area (Å²) in [7, 11) is 0. The SMILES string of the molecule is CC(=O)C(N)c1cc[c]s1. The molecule has 2 nitrogen and oxygen atoms in total. The highest BCUT2D eigenvalue weighted by Gasteiger charge is 2.10. The third-order valence-corrected chi connectivity index (χ3v) is 2.12. The Kier molecular flexibility index (Phi) is 2.19. The van der Waals surface area contributed by atoms with E-state index in [1.807, 2.05) is 6.07 Å². The molecular formula is C7H8NOS. The monoisotopic (exact) mass is 154 g/mol. The van der Waals surface area contributed by atoms with E-state index in [4.69, 9.17) is 5.73 Å². The normalized spacial score (nSPS) is 13.0. The first kappa shape index (κ1) is 7.44. The summed E-state index contributed by atoms with van der Waals surface area (Å²) in [6.45, 7) is 1.49. The van der Waals surface area contributed by atoms with Gasteiger partial charge in [-0.15, -0.1) is 11.3 Å². The summed E-state index contributed by atoms with van der Waals surface area (Å²) in [5.41, 5.74) is 5.52. The largest absolute Gasteiger partial charge is 0.317 e. The fourth-order valence-electron chi connectivity index (χ4n) is 0.620. The van der Waals surface area contributed by atoms with E-state index in [0.717, 1.165) is 4.88 Å². The molecule has 0 aromatic carbocycles. The molecule has 1 unspecified atom stereocenters. The molecular weight excluding hydrogens is 146 g/mol. The number of hydrogen-bond acceptors (Lipinski definition) is 3. The van der Waals surface area contributed by atoms with Gasteiger partial charge in [0, 0.05) is 10.3 Å². The topological polar surface area (TPSA) is 43.1 Å². The quantitative estimate of drug-likeness (QED) is 0.694. The third-order valence-electron chi connectivity index (χ3n) is 1.24. The van der Waals surface area contributed by atoms with Gasteiger partial charge in [-0.25, -0.2) is 0 Å². The average molecular weight is 154 g/mol. The Balaban J connectivity index is 2.77. The van der Waals surface area contributed by atoms with E-state index in [1.54, 1.807) is 6.07 Å². The maximum Gasteiger partial charge on any atom is 0.151 e. The minimum Gasteiger partial charge on any atom is -0.317 e. The fourth-order valence-corrected chi connectivity index (χ4v) is 1.32. The van der Waals surface area contributed by atoms with Gasteiger partial charge in [0.1, 0.15) is 0 Å². The maximum absolute atomic E-state index is 10.7. The van der Waals surface area contributed by atoms with Crippen molar-refractivity contribution in [2.75, 3.05) is 0 Å². The molecule has 1 radical (unpaired) electrons. The molecule has 0 aliphatic heterocycles. The number of rotatable bonds is 2. The smallest absolute Gasteiger partial charge is 0.151 e. The lowest BCUT2D eigenvalue weighted by atomic mass is 10.2. The molecule has 1 aromatic heterocycles. The van der Waals surface area contributed by atoms with Gasteiger partial charge in [0.25, 0.3) is 0 Å². The summed E-state index contributed by atoms with van der Waals surface area (Å²) in [6, 6.07) is 3.13. The highest BCUT2D eigenvalue weighted by Crippen LogP contribution is 2.16. The fraction of sp³-hybridized carbons (Fsp3) is 0.286. The summed E-state index contributed by atoms with van der Waals surface area (Å²) in [4.78, 5) is 11.6. The molecule has 0 spiro atoms. The first-order valence-electron chi connectivity index (χ1n) is 2.93. The summed E-state index contributed by atoms with van der Waals surface area (Å²) < 4.78 is 0. The second-order valence-electron chi connectivity index (χ2n) is 2.04. The molecule has 1 atom stereocenters. The number of Topliss-reactive ketones (excluding diaryl/α,β-unsaturated/α-hetero) is 1. The molecule has 1 rings (SSSR count). The number of carbonyl (C=O) groups is 1. The van der Waals surface area contributed by atoms with Crippen LogP contribution in [0.2, 0.25) is 0 Å². The van der Waals surface area contributed by atoms with Crippen LogP contribution in [0.25, 0.3) is 0 Å². The van der Waals surface area contributed by atoms with Crippen molar-refractivity contribution in [3.63, 3.8) is 0 Å². The molecule has 1 heterocycles. The number of carbonyl (C=O) groups excluding carboxylic acids is 1. The van der Waals surface area contributed by atoms with Gasteiger partial charge in [-0.1, -0.05) is 0 Å². The minimum absolute atomic E-state index is 0.00384. The molecule has 0 amide bonds. The predicted molar refractivity (Wildman–Crippen MR) is 40.8 cm³/mol. The van der Waals surface area contributed by atoms with Gasteiger partial charge >= 0.3 is 0 Å². The molecule has 53 valence electrons. The van der Waals surface area contributed by atoms with E-state index in [9.17, 15) is 4.79 Å². The number of ketones is 1. The Hall–Kier alpha value is -0.670. The van der Waals surface area contributed by atoms with Crippen molar-refractivity contribution in [3.05, 3.63) is 22.4 Å². The van der Waals surface area contributed by atoms with Crippen molar-refractivity contribution >= 4 is 17.1 Å². The van der Waals surface area contributed by atoms with Crippen molar-refractivity contribution in [1.29, 1.82) is 0 Å². The van der Waals surface area contributed by atoms with Gasteiger partial charge in [-0.05, 0) is 19.1 Å². The van der Waals surface area contributed by atoms with Gasteiger partial charge in [0.2, 0.25) is 0 Å². The van der Waals surface area contributed by atoms with Gasteiger partial charge in [-0.2, -0.15) is 0 Å². The molecule has 0 aliphatic carbocycles. The van der Waals surface area contributed by atoms with Crippen molar-refractivity contribution in [1.82, 2.24) is 0 Å². The average Bonchev–Trinajstić information content (AvgIpc) is 2.36. The molecule has 1 aromatic rings. The molecule has 10 heavy (non-hydrogen) atoms. The highest BCUT2D eigenvalue weighted by atomic mass is 32.1. The lowest BCUT2D eigenvalue weighted by Crippen LogP contribution is -2.16. The van der Waals surface area contributed by atoms with Crippen LogP contribution < -0.4 is 5.73 Å². The predicted octanol–water partition coefficient (Wildman–Crippen LogP) is 1.14. The van der Waals surface area contributed by atoms with Crippen LogP contribution in [-0.2, 0) is 4.79 Å². The summed E-state index contributed by atoms with van der Waals surface area (Å²) in [5.74, 6) is -0.00384. The standard InChI is InChI=1S/C7H8NOS/c1-5(9)7(8)6-3-2-4-10-6/h2-3,7H,8H2,1H3. The van der Waals surface area contributed by atoms with Crippen LogP contribution in [0.4, 0.5) is 0 Å². The Morgan fingerprint density at radius 2 is 2.60 bits per heavy atom. The molecule has 0 saturated heterocycles. The van der Waals surface area contributed by atoms with Crippen LogP contribution in [0.1, 0.15) is 17.8 Å². The zero-order chi connectivity index (χ0) is 7.56. The van der Waals surface area contributed by atoms with E-state index in [2.05, 4.69) is 5.38 Å². The van der Waals surface area contributed by atoms with Crippen LogP contribution in [0.5, 0.6) is 0 Å². The van der Waals surface area contributed by atoms with Crippen molar-refractivity contribution < 1.29 is 4.79 Å². The summed E-state index contributed by atoms with van der Waals surface area (Å²) in [6.07, 6.45) is 0. The van der Waals surface area contributed by atoms with Crippen LogP contribution in [0.15, 0.2) is 12.1 Å². The van der Waals surface area contributed by atoms with Gasteiger partial charge in [0.15, 0.2) is 5.78 Å². The van der Waals surface area contributed by atoms with Gasteiger partial charge in [0.05, 0.1) is 6.04 Å². The lowest BCUT2D eigenvalue weighted by Gasteiger charge is -2.01. The Morgan fingerprint density at radius 3 is 3.00 bits per heavy atom. The zero-order valence-electron chi connectivity index (χ0n) is 5.63. The molecule has 0 fully saturated rings. The van der Waals surface area contributed by atoms with Gasteiger partial charge in [-0.3, -0.25) is 4.79 Å². The van der Waals surface area contributed by atoms with E-state index < -0.39 is 6.04 Å². The number of hydrogen-bond donors (Lipinski definition) is 1. The van der Waals surface area contributed by atoms with Crippen LogP contribution >= 0.6 is 11.3 Å². The Morgan fingerprint density at radius 1 is 1.90 bits per heavy atom. The Bertz CT molecular complexity index is 218. The lowest BCUT2D eigenvalue weighted by molar-refractivity contribution is -0.118. The van der Waals surface area contributed by atoms with Gasteiger partial charge < -0.3 is 5.73 Å². The van der Waals surface area contributed by atoms with E-state index in [1.165, 1.54) is 18.3 Å². The Labute approximate surface area is 63.7 Å². The van der Waals surface area contributed by atoms with Crippen LogP contribution in [-0.4, -0.2) is 5.78 Å². The number of thiophene rings is 1. The third kappa shape index (κ3) is 1.43. The second kappa shape index (κ2) is 2.94. The van der Waals surface area contributed by atoms with Crippen LogP contribution in [0, 0.1) is 5.38 Å². The molecule has 0 bridgehead atoms. The second-order valence-corrected chi connectivity index (χ2v) is 2.96. The molecule has 0 aliphatic rings. The zero-order valence-corrected chi connectivity index (χ0v) is 6.44. The first-order chi connectivity index (χ1) is 4.72. The molecule has 2 N–H and O–H groups in total. The first-order valence-corrected chi connectivity index (χ1v) is 3.75. The molecule has 3 heteroatoms. The van der Waals surface area contributed by atoms with Crippen molar-refractivity contribution in [3.8, 4) is 0 Å². The maximum atomic E-state index is 10.7. The summed E-state index contributed by atoms with van der Waals surface area (Å²) in [5, 5.41) is 2.87. The van der Waals surface area contributed by atoms with Crippen LogP contribution in [0.3, 0.4) is 0 Å². The van der Waals surface area contributed by atoms with Crippen molar-refractivity contribution in [2.45, 2.75) is 13.0 Å². The number of nitrogens with two attached hydrogens (primary N) is 1. The van der Waals surface area contributed by atoms with E-state index in [-0.39, 0.29) is 5.78 Å². The van der Waals surface area contributed by atoms with Crippen molar-refractivity contribution in [2.24, 2.45) is 5.73 Å². The summed E-state index contributed by atoms with van der Waals surface area (Å²) >= 11 is 1.39. The highest BCUT2D eigenvalue weighted by molar-refractivity contribution is 7.09. The molecule has 0 saturated carbocycles. The van der Waals surface area contributed by atoms with E-state index in [0.29, 0.717) is 0 Å². The minimum atomic E-state index is -0.448. The van der Waals surface area contributed by atoms with E-state index >= 15 is 0 Å².